The van der Waals surface area contributed by atoms with Gasteiger partial charge in [-0.25, -0.2) is 0 Å². The summed E-state index contributed by atoms with van der Waals surface area (Å²) >= 11 is 0. The molecule has 0 aliphatic rings. The van der Waals surface area contributed by atoms with Crippen molar-refractivity contribution in [2.45, 2.75) is 67.2 Å². The van der Waals surface area contributed by atoms with Crippen molar-refractivity contribution in [2.24, 2.45) is 5.92 Å². The molecule has 0 aliphatic heterocycles. The third-order valence-corrected chi connectivity index (χ3v) is 3.29. The quantitative estimate of drug-likeness (QED) is 0.469. The van der Waals surface area contributed by atoms with Gasteiger partial charge in [-0.05, 0) is 56.3 Å². The van der Waals surface area contributed by atoms with Gasteiger partial charge in [0.1, 0.15) is 0 Å². The van der Waals surface area contributed by atoms with Crippen LogP contribution in [-0.2, 0) is 0 Å². The van der Waals surface area contributed by atoms with Gasteiger partial charge in [-0.15, -0.1) is 0 Å². The first kappa shape index (κ1) is 16.2. The van der Waals surface area contributed by atoms with E-state index in [0.717, 1.165) is 12.3 Å². The molecule has 0 radical (unpaired) electrons. The van der Waals surface area contributed by atoms with Gasteiger partial charge in [0.15, 0.2) is 0 Å². The summed E-state index contributed by atoms with van der Waals surface area (Å²) in [7, 11) is 0. The maximum Gasteiger partial charge on any atom is -0.0253 e. The van der Waals surface area contributed by atoms with Crippen molar-refractivity contribution in [2.75, 3.05) is 0 Å². The van der Waals surface area contributed by atoms with Gasteiger partial charge < -0.3 is 0 Å². The smallest absolute Gasteiger partial charge is 0.0253 e. The van der Waals surface area contributed by atoms with Gasteiger partial charge in [0.25, 0.3) is 0 Å². The largest absolute Gasteiger partial charge is 0.0874 e. The van der Waals surface area contributed by atoms with Gasteiger partial charge in [0.2, 0.25) is 0 Å². The summed E-state index contributed by atoms with van der Waals surface area (Å²) in [6, 6.07) is 0. The lowest BCUT2D eigenvalue weighted by atomic mass is 9.90. The lowest BCUT2D eigenvalue weighted by Crippen LogP contribution is -1.99. The van der Waals surface area contributed by atoms with E-state index in [2.05, 4.69) is 59.8 Å². The Balaban J connectivity index is 4.87. The zero-order chi connectivity index (χ0) is 13.3. The topological polar surface area (TPSA) is 0 Å². The van der Waals surface area contributed by atoms with Crippen LogP contribution in [0.5, 0.6) is 0 Å². The van der Waals surface area contributed by atoms with Crippen molar-refractivity contribution < 1.29 is 0 Å². The minimum absolute atomic E-state index is 0.797. The molecular weight excluding hydrogens is 204 g/mol. The van der Waals surface area contributed by atoms with Crippen LogP contribution in [0.15, 0.2) is 34.9 Å². The summed E-state index contributed by atoms with van der Waals surface area (Å²) in [6.07, 6.45) is 11.7. The third kappa shape index (κ3) is 6.51. The highest BCUT2D eigenvalue weighted by Crippen LogP contribution is 2.25. The fourth-order valence-electron chi connectivity index (χ4n) is 2.23. The van der Waals surface area contributed by atoms with Crippen LogP contribution in [0.2, 0.25) is 0 Å². The number of allylic oxidation sites excluding steroid dienone is 6. The van der Waals surface area contributed by atoms with E-state index in [1.165, 1.54) is 30.4 Å². The maximum atomic E-state index is 2.40. The Hall–Kier alpha value is -0.780. The van der Waals surface area contributed by atoms with Crippen molar-refractivity contribution in [1.82, 2.24) is 0 Å². The van der Waals surface area contributed by atoms with E-state index in [1.807, 2.05) is 0 Å². The van der Waals surface area contributed by atoms with Gasteiger partial charge in [-0.3, -0.25) is 0 Å². The van der Waals surface area contributed by atoms with Crippen LogP contribution in [0.25, 0.3) is 0 Å². The first-order valence-electron chi connectivity index (χ1n) is 7.06. The van der Waals surface area contributed by atoms with Crippen molar-refractivity contribution in [1.29, 1.82) is 0 Å². The molecule has 0 fully saturated rings. The monoisotopic (exact) mass is 234 g/mol. The molecule has 0 heteroatoms. The minimum atomic E-state index is 0.797. The molecule has 0 N–H and O–H groups in total. The Kier molecular flexibility index (Phi) is 8.85. The maximum absolute atomic E-state index is 2.40. The molecule has 98 valence electrons. The second-order valence-electron chi connectivity index (χ2n) is 5.04. The lowest BCUT2D eigenvalue weighted by Gasteiger charge is -2.15. The van der Waals surface area contributed by atoms with Crippen LogP contribution < -0.4 is 0 Å². The second-order valence-corrected chi connectivity index (χ2v) is 5.04. The standard InChI is InChI=1S/C17H30/c1-7-10-14(4)13-17(12-9-3)16(6)15(5)11-8-2/h8,11-12,14H,7,9-10,13H2,1-6H3/b11-8-,16-15+,17-12+/t14-/m1/s1. The molecule has 0 amide bonds. The van der Waals surface area contributed by atoms with E-state index < -0.39 is 0 Å². The Morgan fingerprint density at radius 2 is 1.82 bits per heavy atom. The SMILES string of the molecule is C\C=C/C(C)=C(C)/C(=C/CC)C[C@H](C)CCC. The molecule has 0 aromatic rings. The third-order valence-electron chi connectivity index (χ3n) is 3.29. The van der Waals surface area contributed by atoms with Crippen molar-refractivity contribution in [3.63, 3.8) is 0 Å². The summed E-state index contributed by atoms with van der Waals surface area (Å²) in [6.45, 7) is 13.4. The van der Waals surface area contributed by atoms with E-state index in [4.69, 9.17) is 0 Å². The summed E-state index contributed by atoms with van der Waals surface area (Å²) in [4.78, 5) is 0. The van der Waals surface area contributed by atoms with Gasteiger partial charge in [0.05, 0.1) is 0 Å². The first-order valence-corrected chi connectivity index (χ1v) is 7.06. The second kappa shape index (κ2) is 9.27. The molecule has 0 rings (SSSR count). The Bertz CT molecular complexity index is 289. The molecule has 0 saturated carbocycles. The number of hydrogen-bond donors (Lipinski definition) is 0. The highest BCUT2D eigenvalue weighted by molar-refractivity contribution is 5.37. The van der Waals surface area contributed by atoms with Crippen molar-refractivity contribution >= 4 is 0 Å². The van der Waals surface area contributed by atoms with Gasteiger partial charge in [-0.2, -0.15) is 0 Å². The average molecular weight is 234 g/mol. The summed E-state index contributed by atoms with van der Waals surface area (Å²) in [5, 5.41) is 0. The molecule has 0 bridgehead atoms. The molecule has 0 nitrogen and oxygen atoms in total. The van der Waals surface area contributed by atoms with E-state index in [0.29, 0.717) is 0 Å². The van der Waals surface area contributed by atoms with Crippen LogP contribution in [0.3, 0.4) is 0 Å². The lowest BCUT2D eigenvalue weighted by molar-refractivity contribution is 0.521. The zero-order valence-corrected chi connectivity index (χ0v) is 12.6. The first-order chi connectivity index (χ1) is 8.06. The van der Waals surface area contributed by atoms with E-state index >= 15 is 0 Å². The molecule has 17 heavy (non-hydrogen) atoms. The number of hydrogen-bond acceptors (Lipinski definition) is 0. The van der Waals surface area contributed by atoms with Gasteiger partial charge in [-0.1, -0.05) is 51.8 Å². The highest BCUT2D eigenvalue weighted by Gasteiger charge is 2.07. The van der Waals surface area contributed by atoms with Gasteiger partial charge in [0, 0.05) is 0 Å². The van der Waals surface area contributed by atoms with E-state index in [1.54, 1.807) is 5.57 Å². The predicted octanol–water partition coefficient (Wildman–Crippen LogP) is 6.06. The molecule has 0 heterocycles. The zero-order valence-electron chi connectivity index (χ0n) is 12.6. The van der Waals surface area contributed by atoms with Crippen LogP contribution in [0.4, 0.5) is 0 Å². The molecule has 0 aromatic heterocycles. The molecule has 0 saturated heterocycles. The summed E-state index contributed by atoms with van der Waals surface area (Å²) < 4.78 is 0. The van der Waals surface area contributed by atoms with Crippen LogP contribution in [-0.4, -0.2) is 0 Å². The van der Waals surface area contributed by atoms with Crippen molar-refractivity contribution in [3.8, 4) is 0 Å². The van der Waals surface area contributed by atoms with Crippen LogP contribution >= 0.6 is 0 Å². The van der Waals surface area contributed by atoms with E-state index in [-0.39, 0.29) is 0 Å². The Morgan fingerprint density at radius 3 is 2.29 bits per heavy atom. The molecular formula is C17H30. The average Bonchev–Trinajstić information content (AvgIpc) is 2.28. The minimum Gasteiger partial charge on any atom is -0.0874 e. The predicted molar refractivity (Wildman–Crippen MR) is 80.3 cm³/mol. The molecule has 0 spiro atoms. The van der Waals surface area contributed by atoms with E-state index in [9.17, 15) is 0 Å². The molecule has 0 aliphatic carbocycles. The summed E-state index contributed by atoms with van der Waals surface area (Å²) in [5.74, 6) is 0.797. The Morgan fingerprint density at radius 1 is 1.18 bits per heavy atom. The fraction of sp³-hybridized carbons (Fsp3) is 0.647. The van der Waals surface area contributed by atoms with Crippen LogP contribution in [0.1, 0.15) is 67.2 Å². The summed E-state index contributed by atoms with van der Waals surface area (Å²) in [5.41, 5.74) is 4.41. The molecule has 0 aromatic carbocycles. The van der Waals surface area contributed by atoms with Crippen molar-refractivity contribution in [3.05, 3.63) is 34.9 Å². The van der Waals surface area contributed by atoms with Crippen LogP contribution in [0, 0.1) is 5.92 Å². The Labute approximate surface area is 109 Å². The number of rotatable bonds is 7. The normalized spacial score (nSPS) is 16.2. The molecule has 1 atom stereocenters. The molecule has 0 unspecified atom stereocenters. The highest BCUT2D eigenvalue weighted by atomic mass is 14.1. The van der Waals surface area contributed by atoms with Gasteiger partial charge >= 0.3 is 0 Å². The fourth-order valence-corrected chi connectivity index (χ4v) is 2.23.